The molecule has 3 aromatic rings. The lowest BCUT2D eigenvalue weighted by Gasteiger charge is -2.10. The van der Waals surface area contributed by atoms with Crippen LogP contribution in [0.15, 0.2) is 54.6 Å². The minimum Gasteiger partial charge on any atom is -0.377 e. The van der Waals surface area contributed by atoms with Gasteiger partial charge in [0.05, 0.1) is 12.6 Å². The third kappa shape index (κ3) is 4.62. The summed E-state index contributed by atoms with van der Waals surface area (Å²) in [4.78, 5) is 1.81. The quantitative estimate of drug-likeness (QED) is 0.698. The minimum atomic E-state index is 0.326. The highest BCUT2D eigenvalue weighted by Gasteiger charge is 2.17. The maximum atomic E-state index is 5.70. The van der Waals surface area contributed by atoms with E-state index < -0.39 is 0 Å². The number of hydrogen-bond acceptors (Lipinski definition) is 4. The molecule has 0 saturated carbocycles. The molecule has 5 heteroatoms. The first-order valence-electron chi connectivity index (χ1n) is 9.65. The van der Waals surface area contributed by atoms with Crippen LogP contribution in [0.3, 0.4) is 0 Å². The van der Waals surface area contributed by atoms with Crippen LogP contribution in [0.5, 0.6) is 0 Å². The standard InChI is InChI=1S/C22H26N4O/c1-17-7-5-8-18(13-17)16-26-24-21(15-23-14-20-11-6-12-27-20)22(25-26)19-9-3-2-4-10-19/h2-5,7-10,13,20,23H,6,11-12,14-16H2,1H3/t20-/m0/s1. The summed E-state index contributed by atoms with van der Waals surface area (Å²) in [6, 6.07) is 18.8. The van der Waals surface area contributed by atoms with E-state index in [1.54, 1.807) is 4.80 Å². The summed E-state index contributed by atoms with van der Waals surface area (Å²) in [7, 11) is 0. The number of aromatic nitrogens is 3. The number of nitrogens with zero attached hydrogens (tertiary/aromatic N) is 3. The van der Waals surface area contributed by atoms with Gasteiger partial charge in [-0.3, -0.25) is 0 Å². The van der Waals surface area contributed by atoms with E-state index in [-0.39, 0.29) is 0 Å². The van der Waals surface area contributed by atoms with Crippen molar-refractivity contribution < 1.29 is 4.74 Å². The minimum absolute atomic E-state index is 0.326. The largest absolute Gasteiger partial charge is 0.377 e. The first-order chi connectivity index (χ1) is 13.3. The molecule has 1 N–H and O–H groups in total. The molecule has 0 spiro atoms. The van der Waals surface area contributed by atoms with Crippen LogP contribution < -0.4 is 5.32 Å². The Morgan fingerprint density at radius 3 is 2.78 bits per heavy atom. The maximum Gasteiger partial charge on any atom is 0.117 e. The van der Waals surface area contributed by atoms with Gasteiger partial charge in [-0.2, -0.15) is 15.0 Å². The van der Waals surface area contributed by atoms with Gasteiger partial charge in [0.25, 0.3) is 0 Å². The van der Waals surface area contributed by atoms with Gasteiger partial charge >= 0.3 is 0 Å². The van der Waals surface area contributed by atoms with Crippen molar-refractivity contribution in [3.63, 3.8) is 0 Å². The predicted octanol–water partition coefficient (Wildman–Crippen LogP) is 3.57. The molecule has 2 heterocycles. The average Bonchev–Trinajstić information content (AvgIpc) is 3.33. The summed E-state index contributed by atoms with van der Waals surface area (Å²) in [5, 5.41) is 13.1. The van der Waals surface area contributed by atoms with Gasteiger partial charge in [-0.15, -0.1) is 0 Å². The van der Waals surface area contributed by atoms with E-state index in [0.717, 1.165) is 42.9 Å². The summed E-state index contributed by atoms with van der Waals surface area (Å²) in [6.45, 7) is 5.22. The number of benzene rings is 2. The summed E-state index contributed by atoms with van der Waals surface area (Å²) in [6.07, 6.45) is 2.62. The lowest BCUT2D eigenvalue weighted by molar-refractivity contribution is 0.110. The van der Waals surface area contributed by atoms with Crippen molar-refractivity contribution in [2.45, 2.75) is 39.0 Å². The summed E-state index contributed by atoms with van der Waals surface area (Å²) in [5.41, 5.74) is 5.49. The van der Waals surface area contributed by atoms with Gasteiger partial charge in [0.1, 0.15) is 11.4 Å². The molecule has 1 aliphatic rings. The van der Waals surface area contributed by atoms with E-state index in [1.165, 1.54) is 11.1 Å². The molecule has 1 aliphatic heterocycles. The van der Waals surface area contributed by atoms with Gasteiger partial charge in [-0.1, -0.05) is 60.2 Å². The van der Waals surface area contributed by atoms with Crippen molar-refractivity contribution in [2.24, 2.45) is 0 Å². The first kappa shape index (κ1) is 17.9. The van der Waals surface area contributed by atoms with E-state index in [4.69, 9.17) is 14.9 Å². The Hall–Kier alpha value is -2.50. The van der Waals surface area contributed by atoms with Crippen LogP contribution in [0.1, 0.15) is 29.7 Å². The van der Waals surface area contributed by atoms with Crippen molar-refractivity contribution in [1.82, 2.24) is 20.3 Å². The molecular formula is C22H26N4O. The molecule has 140 valence electrons. The molecule has 0 unspecified atom stereocenters. The fraction of sp³-hybridized carbons (Fsp3) is 0.364. The van der Waals surface area contributed by atoms with Crippen LogP contribution in [0.25, 0.3) is 11.3 Å². The van der Waals surface area contributed by atoms with E-state index in [1.807, 2.05) is 18.2 Å². The van der Waals surface area contributed by atoms with Crippen molar-refractivity contribution in [3.05, 3.63) is 71.4 Å². The lowest BCUT2D eigenvalue weighted by atomic mass is 10.1. The van der Waals surface area contributed by atoms with Crippen LogP contribution in [0.4, 0.5) is 0 Å². The van der Waals surface area contributed by atoms with Crippen LogP contribution in [-0.2, 0) is 17.8 Å². The fourth-order valence-electron chi connectivity index (χ4n) is 3.52. The molecule has 0 amide bonds. The number of hydrogen-bond donors (Lipinski definition) is 1. The van der Waals surface area contributed by atoms with Gasteiger partial charge in [0.2, 0.25) is 0 Å². The van der Waals surface area contributed by atoms with Gasteiger partial charge in [0, 0.05) is 25.3 Å². The van der Waals surface area contributed by atoms with Gasteiger partial charge in [-0.25, -0.2) is 0 Å². The van der Waals surface area contributed by atoms with Gasteiger partial charge < -0.3 is 10.1 Å². The van der Waals surface area contributed by atoms with Crippen LogP contribution in [-0.4, -0.2) is 34.2 Å². The zero-order valence-corrected chi connectivity index (χ0v) is 15.8. The predicted molar refractivity (Wildman–Crippen MR) is 106 cm³/mol. The van der Waals surface area contributed by atoms with E-state index >= 15 is 0 Å². The highest BCUT2D eigenvalue weighted by atomic mass is 16.5. The van der Waals surface area contributed by atoms with Crippen molar-refractivity contribution in [3.8, 4) is 11.3 Å². The van der Waals surface area contributed by atoms with E-state index in [2.05, 4.69) is 48.6 Å². The Morgan fingerprint density at radius 2 is 2.00 bits per heavy atom. The first-order valence-corrected chi connectivity index (χ1v) is 9.65. The highest BCUT2D eigenvalue weighted by molar-refractivity contribution is 5.60. The topological polar surface area (TPSA) is 52.0 Å². The molecule has 1 fully saturated rings. The summed E-state index contributed by atoms with van der Waals surface area (Å²) in [5.74, 6) is 0. The van der Waals surface area contributed by atoms with E-state index in [0.29, 0.717) is 19.2 Å². The molecular weight excluding hydrogens is 336 g/mol. The Balaban J connectivity index is 1.53. The van der Waals surface area contributed by atoms with Crippen LogP contribution in [0.2, 0.25) is 0 Å². The third-order valence-electron chi connectivity index (χ3n) is 4.87. The molecule has 4 rings (SSSR count). The van der Waals surface area contributed by atoms with Gasteiger partial charge in [-0.05, 0) is 25.3 Å². The van der Waals surface area contributed by atoms with Crippen LogP contribution in [0, 0.1) is 6.92 Å². The smallest absolute Gasteiger partial charge is 0.117 e. The Kier molecular flexibility index (Phi) is 5.61. The van der Waals surface area contributed by atoms with Crippen molar-refractivity contribution in [2.75, 3.05) is 13.2 Å². The normalized spacial score (nSPS) is 16.7. The number of aryl methyl sites for hydroxylation is 1. The highest BCUT2D eigenvalue weighted by Crippen LogP contribution is 2.20. The van der Waals surface area contributed by atoms with Crippen LogP contribution >= 0.6 is 0 Å². The second kappa shape index (κ2) is 8.46. The molecule has 2 aromatic carbocycles. The molecule has 5 nitrogen and oxygen atoms in total. The summed E-state index contributed by atoms with van der Waals surface area (Å²) >= 11 is 0. The molecule has 0 aliphatic carbocycles. The number of rotatable bonds is 7. The zero-order valence-electron chi connectivity index (χ0n) is 15.8. The molecule has 27 heavy (non-hydrogen) atoms. The SMILES string of the molecule is Cc1cccc(Cn2nc(CNC[C@@H]3CCCO3)c(-c3ccccc3)n2)c1. The Labute approximate surface area is 160 Å². The Morgan fingerprint density at radius 1 is 1.11 bits per heavy atom. The second-order valence-corrected chi connectivity index (χ2v) is 7.15. The fourth-order valence-corrected chi connectivity index (χ4v) is 3.52. The zero-order chi connectivity index (χ0) is 18.5. The molecule has 1 atom stereocenters. The van der Waals surface area contributed by atoms with Crippen molar-refractivity contribution >= 4 is 0 Å². The molecule has 1 saturated heterocycles. The second-order valence-electron chi connectivity index (χ2n) is 7.15. The number of nitrogens with one attached hydrogen (secondary N) is 1. The van der Waals surface area contributed by atoms with Crippen molar-refractivity contribution in [1.29, 1.82) is 0 Å². The maximum absolute atomic E-state index is 5.70. The Bertz CT molecular complexity index is 869. The molecule has 1 aromatic heterocycles. The third-order valence-corrected chi connectivity index (χ3v) is 4.87. The summed E-state index contributed by atoms with van der Waals surface area (Å²) < 4.78 is 5.70. The lowest BCUT2D eigenvalue weighted by Crippen LogP contribution is -2.26. The molecule has 0 radical (unpaired) electrons. The number of ether oxygens (including phenoxy) is 1. The average molecular weight is 362 g/mol. The monoisotopic (exact) mass is 362 g/mol. The van der Waals surface area contributed by atoms with Gasteiger partial charge in [0.15, 0.2) is 0 Å². The van der Waals surface area contributed by atoms with E-state index in [9.17, 15) is 0 Å². The molecule has 0 bridgehead atoms.